The lowest BCUT2D eigenvalue weighted by Gasteiger charge is -2.19. The lowest BCUT2D eigenvalue weighted by Crippen LogP contribution is -2.55. The van der Waals surface area contributed by atoms with Crippen molar-refractivity contribution in [2.24, 2.45) is 0 Å². The molecule has 0 aromatic carbocycles. The monoisotopic (exact) mass is 180 g/mol. The fraction of sp³-hybridized carbons (Fsp3) is 0.600. The summed E-state index contributed by atoms with van der Waals surface area (Å²) in [6.07, 6.45) is 0. The number of carboxylic acids is 1. The maximum absolute atomic E-state index is 10.5. The molecular weight excluding hydrogens is 172 g/mol. The molecule has 0 radical (unpaired) electrons. The first-order valence-corrected chi connectivity index (χ1v) is 2.93. The molecule has 0 bridgehead atoms. The smallest absolute Gasteiger partial charge is 0.322 e. The van der Waals surface area contributed by atoms with Crippen LogP contribution in [0.1, 0.15) is 0 Å². The van der Waals surface area contributed by atoms with E-state index < -0.39 is 12.0 Å². The summed E-state index contributed by atoms with van der Waals surface area (Å²) in [5.74, 6) is -1.09. The number of piperazine rings is 1. The summed E-state index contributed by atoms with van der Waals surface area (Å²) < 4.78 is 0. The van der Waals surface area contributed by atoms with Gasteiger partial charge in [0.15, 0.2) is 0 Å². The number of carbonyl (C=O) groups is 2. The third-order valence-electron chi connectivity index (χ3n) is 1.31. The highest BCUT2D eigenvalue weighted by atomic mass is 35.5. The van der Waals surface area contributed by atoms with Crippen LogP contribution in [0.2, 0.25) is 0 Å². The number of carbonyl (C=O) groups excluding carboxylic acids is 1. The molecule has 3 N–H and O–H groups in total. The maximum Gasteiger partial charge on any atom is 0.322 e. The molecule has 0 unspecified atom stereocenters. The van der Waals surface area contributed by atoms with Crippen LogP contribution in [0.15, 0.2) is 0 Å². The predicted octanol–water partition coefficient (Wildman–Crippen LogP) is -1.42. The van der Waals surface area contributed by atoms with Crippen LogP contribution in [0.25, 0.3) is 0 Å². The van der Waals surface area contributed by atoms with Crippen molar-refractivity contribution in [1.29, 1.82) is 0 Å². The molecule has 5 nitrogen and oxygen atoms in total. The number of hydrogen-bond donors (Lipinski definition) is 3. The van der Waals surface area contributed by atoms with Gasteiger partial charge >= 0.3 is 5.97 Å². The summed E-state index contributed by atoms with van der Waals surface area (Å²) in [6, 6.07) is -0.627. The highest BCUT2D eigenvalue weighted by Crippen LogP contribution is 1.86. The number of hydrogen-bond acceptors (Lipinski definition) is 3. The molecule has 64 valence electrons. The Morgan fingerprint density at radius 1 is 1.64 bits per heavy atom. The highest BCUT2D eigenvalue weighted by Gasteiger charge is 2.22. The van der Waals surface area contributed by atoms with Gasteiger partial charge in [0.25, 0.3) is 0 Å². The minimum Gasteiger partial charge on any atom is -0.480 e. The third-order valence-corrected chi connectivity index (χ3v) is 1.31. The van der Waals surface area contributed by atoms with Gasteiger partial charge in [0.2, 0.25) is 5.91 Å². The van der Waals surface area contributed by atoms with Crippen molar-refractivity contribution in [2.45, 2.75) is 6.04 Å². The number of carboxylic acid groups (broad SMARTS) is 1. The molecule has 0 aromatic heterocycles. The van der Waals surface area contributed by atoms with E-state index in [4.69, 9.17) is 5.11 Å². The van der Waals surface area contributed by atoms with E-state index in [1.165, 1.54) is 0 Å². The Kier molecular flexibility index (Phi) is 3.84. The zero-order valence-corrected chi connectivity index (χ0v) is 6.48. The fourth-order valence-electron chi connectivity index (χ4n) is 0.741. The molecule has 1 amide bonds. The van der Waals surface area contributed by atoms with E-state index >= 15 is 0 Å². The van der Waals surface area contributed by atoms with Gasteiger partial charge in [-0.1, -0.05) is 0 Å². The predicted molar refractivity (Wildman–Crippen MR) is 39.7 cm³/mol. The van der Waals surface area contributed by atoms with E-state index in [0.29, 0.717) is 0 Å². The van der Waals surface area contributed by atoms with Crippen molar-refractivity contribution < 1.29 is 14.7 Å². The first-order chi connectivity index (χ1) is 4.70. The van der Waals surface area contributed by atoms with E-state index in [1.807, 2.05) is 0 Å². The van der Waals surface area contributed by atoms with Gasteiger partial charge in [0.1, 0.15) is 6.04 Å². The SMILES string of the molecule is Cl.O=C1CN[C@@H](C(=O)O)CN1. The van der Waals surface area contributed by atoms with Crippen molar-refractivity contribution >= 4 is 24.3 Å². The van der Waals surface area contributed by atoms with Crippen LogP contribution in [0, 0.1) is 0 Å². The Bertz CT molecular complexity index is 163. The minimum absolute atomic E-state index is 0. The molecule has 0 aromatic rings. The fourth-order valence-corrected chi connectivity index (χ4v) is 0.741. The van der Waals surface area contributed by atoms with E-state index in [9.17, 15) is 9.59 Å². The zero-order chi connectivity index (χ0) is 7.56. The second-order valence-electron chi connectivity index (χ2n) is 2.08. The number of halogens is 1. The largest absolute Gasteiger partial charge is 0.480 e. The van der Waals surface area contributed by atoms with Crippen LogP contribution >= 0.6 is 12.4 Å². The van der Waals surface area contributed by atoms with Crippen LogP contribution in [0.3, 0.4) is 0 Å². The molecule has 1 saturated heterocycles. The zero-order valence-electron chi connectivity index (χ0n) is 5.66. The standard InChI is InChI=1S/C5H8N2O3.ClH/c8-4-2-6-3(1-7-4)5(9)10;/h3,6H,1-2H2,(H,7,8)(H,9,10);1H/t3-;/m1./s1. The van der Waals surface area contributed by atoms with Crippen LogP contribution in [0.5, 0.6) is 0 Å². The quantitative estimate of drug-likeness (QED) is 0.463. The van der Waals surface area contributed by atoms with Crippen molar-refractivity contribution in [3.63, 3.8) is 0 Å². The molecule has 1 aliphatic heterocycles. The summed E-state index contributed by atoms with van der Waals surface area (Å²) in [5.41, 5.74) is 0. The number of amides is 1. The van der Waals surface area contributed by atoms with Crippen LogP contribution in [0.4, 0.5) is 0 Å². The lowest BCUT2D eigenvalue weighted by atomic mass is 10.2. The molecule has 1 aliphatic rings. The Hall–Kier alpha value is -0.810. The van der Waals surface area contributed by atoms with Gasteiger partial charge in [-0.3, -0.25) is 14.9 Å². The van der Waals surface area contributed by atoms with Crippen molar-refractivity contribution in [2.75, 3.05) is 13.1 Å². The van der Waals surface area contributed by atoms with Gasteiger partial charge in [-0.15, -0.1) is 12.4 Å². The van der Waals surface area contributed by atoms with Crippen molar-refractivity contribution in [3.05, 3.63) is 0 Å². The molecule has 1 rings (SSSR count). The van der Waals surface area contributed by atoms with Crippen molar-refractivity contribution in [1.82, 2.24) is 10.6 Å². The Morgan fingerprint density at radius 2 is 2.27 bits per heavy atom. The third kappa shape index (κ3) is 2.73. The van der Waals surface area contributed by atoms with E-state index in [2.05, 4.69) is 10.6 Å². The maximum atomic E-state index is 10.5. The van der Waals surface area contributed by atoms with Crippen molar-refractivity contribution in [3.8, 4) is 0 Å². The molecule has 1 heterocycles. The van der Waals surface area contributed by atoms with Gasteiger partial charge in [-0.05, 0) is 0 Å². The second-order valence-corrected chi connectivity index (χ2v) is 2.08. The van der Waals surface area contributed by atoms with Crippen LogP contribution in [-0.4, -0.2) is 36.1 Å². The molecule has 1 atom stereocenters. The Morgan fingerprint density at radius 3 is 2.64 bits per heavy atom. The van der Waals surface area contributed by atoms with Gasteiger partial charge < -0.3 is 10.4 Å². The molecule has 1 fully saturated rings. The van der Waals surface area contributed by atoms with Gasteiger partial charge in [-0.2, -0.15) is 0 Å². The summed E-state index contributed by atoms with van der Waals surface area (Å²) in [7, 11) is 0. The van der Waals surface area contributed by atoms with Gasteiger partial charge in [-0.25, -0.2) is 0 Å². The van der Waals surface area contributed by atoms with Crippen LogP contribution in [-0.2, 0) is 9.59 Å². The van der Waals surface area contributed by atoms with Gasteiger partial charge in [0, 0.05) is 6.54 Å². The Labute approximate surface area is 69.6 Å². The number of nitrogens with one attached hydrogen (secondary N) is 2. The van der Waals surface area contributed by atoms with E-state index in [0.717, 1.165) is 0 Å². The van der Waals surface area contributed by atoms with E-state index in [-0.39, 0.29) is 31.4 Å². The molecule has 0 aliphatic carbocycles. The molecule has 0 spiro atoms. The number of aliphatic carboxylic acids is 1. The first-order valence-electron chi connectivity index (χ1n) is 2.93. The average Bonchev–Trinajstić information content (AvgIpc) is 1.88. The summed E-state index contributed by atoms with van der Waals surface area (Å²) in [4.78, 5) is 20.7. The summed E-state index contributed by atoms with van der Waals surface area (Å²) in [6.45, 7) is 0.269. The lowest BCUT2D eigenvalue weighted by molar-refractivity contribution is -0.140. The first kappa shape index (κ1) is 10.2. The Balaban J connectivity index is 0.000001000. The highest BCUT2D eigenvalue weighted by molar-refractivity contribution is 5.85. The number of rotatable bonds is 1. The minimum atomic E-state index is -0.931. The van der Waals surface area contributed by atoms with Crippen LogP contribution < -0.4 is 10.6 Å². The van der Waals surface area contributed by atoms with Gasteiger partial charge in [0.05, 0.1) is 6.54 Å². The molecule has 11 heavy (non-hydrogen) atoms. The summed E-state index contributed by atoms with van der Waals surface area (Å²) in [5, 5.41) is 13.4. The molecule has 6 heteroatoms. The normalized spacial score (nSPS) is 23.3. The second kappa shape index (κ2) is 4.15. The topological polar surface area (TPSA) is 78.4 Å². The molecule has 0 saturated carbocycles. The van der Waals surface area contributed by atoms with E-state index in [1.54, 1.807) is 0 Å². The summed E-state index contributed by atoms with van der Waals surface area (Å²) >= 11 is 0. The molecular formula is C5H9ClN2O3. The average molecular weight is 181 g/mol.